The Morgan fingerprint density at radius 3 is 2.36 bits per heavy atom. The maximum Gasteiger partial charge on any atom is 0.266 e. The second kappa shape index (κ2) is 9.20. The van der Waals surface area contributed by atoms with Crippen LogP contribution in [0.4, 0.5) is 0 Å². The number of nitrogens with zero attached hydrogens (tertiary/aromatic N) is 1. The first kappa shape index (κ1) is 20.3. The van der Waals surface area contributed by atoms with Crippen LogP contribution in [-0.2, 0) is 21.2 Å². The van der Waals surface area contributed by atoms with E-state index in [1.807, 2.05) is 31.2 Å². The lowest BCUT2D eigenvalue weighted by molar-refractivity contribution is -0.123. The molecule has 0 spiro atoms. The van der Waals surface area contributed by atoms with Gasteiger partial charge in [-0.3, -0.25) is 4.79 Å². The standard InChI is InChI=1S/C23H27NO3S/c1-19-14-16-22(17-15-19)28(26,27)24-18-7-3-6-12-21(23(24)25)13-8-11-20-9-4-2-5-10-20/h2,4-5,9-10,12,14-17H,3,6-8,11,13,18H2,1H3/b21-12-. The van der Waals surface area contributed by atoms with Crippen molar-refractivity contribution in [3.05, 3.63) is 77.4 Å². The molecule has 0 saturated carbocycles. The smallest absolute Gasteiger partial charge is 0.266 e. The van der Waals surface area contributed by atoms with Gasteiger partial charge in [0, 0.05) is 12.1 Å². The fourth-order valence-electron chi connectivity index (χ4n) is 3.43. The lowest BCUT2D eigenvalue weighted by Gasteiger charge is -2.25. The summed E-state index contributed by atoms with van der Waals surface area (Å²) in [4.78, 5) is 13.3. The fourth-order valence-corrected chi connectivity index (χ4v) is 4.87. The summed E-state index contributed by atoms with van der Waals surface area (Å²) in [5.41, 5.74) is 2.83. The van der Waals surface area contributed by atoms with E-state index in [4.69, 9.17) is 0 Å². The van der Waals surface area contributed by atoms with Crippen LogP contribution in [0.3, 0.4) is 0 Å². The van der Waals surface area contributed by atoms with Crippen molar-refractivity contribution in [3.8, 4) is 0 Å². The van der Waals surface area contributed by atoms with Crippen molar-refractivity contribution in [1.82, 2.24) is 4.31 Å². The molecule has 2 aromatic rings. The molecule has 1 amide bonds. The highest BCUT2D eigenvalue weighted by Crippen LogP contribution is 2.24. The number of carbonyl (C=O) groups excluding carboxylic acids is 1. The number of hydrogen-bond donors (Lipinski definition) is 0. The summed E-state index contributed by atoms with van der Waals surface area (Å²) in [5.74, 6) is -0.367. The lowest BCUT2D eigenvalue weighted by Crippen LogP contribution is -2.39. The first-order chi connectivity index (χ1) is 13.5. The Morgan fingerprint density at radius 2 is 1.64 bits per heavy atom. The van der Waals surface area contributed by atoms with Crippen molar-refractivity contribution in [2.45, 2.75) is 50.3 Å². The molecule has 148 valence electrons. The Hall–Kier alpha value is -2.40. The molecule has 1 aliphatic heterocycles. The maximum absolute atomic E-state index is 13.1. The minimum Gasteiger partial charge on any atom is -0.268 e. The topological polar surface area (TPSA) is 54.5 Å². The van der Waals surface area contributed by atoms with Crippen LogP contribution < -0.4 is 0 Å². The third-order valence-electron chi connectivity index (χ3n) is 5.07. The van der Waals surface area contributed by atoms with E-state index in [1.54, 1.807) is 24.3 Å². The van der Waals surface area contributed by atoms with Crippen molar-refractivity contribution in [2.75, 3.05) is 6.54 Å². The number of aryl methyl sites for hydroxylation is 2. The monoisotopic (exact) mass is 397 g/mol. The van der Waals surface area contributed by atoms with Gasteiger partial charge in [0.15, 0.2) is 0 Å². The first-order valence-electron chi connectivity index (χ1n) is 9.85. The van der Waals surface area contributed by atoms with E-state index in [0.29, 0.717) is 18.4 Å². The van der Waals surface area contributed by atoms with Gasteiger partial charge in [0.25, 0.3) is 15.9 Å². The Morgan fingerprint density at radius 1 is 0.929 bits per heavy atom. The number of benzene rings is 2. The van der Waals surface area contributed by atoms with Gasteiger partial charge < -0.3 is 0 Å². The number of carbonyl (C=O) groups is 1. The first-order valence-corrected chi connectivity index (χ1v) is 11.3. The second-order valence-corrected chi connectivity index (χ2v) is 9.12. The lowest BCUT2D eigenvalue weighted by atomic mass is 10.0. The fraction of sp³-hybridized carbons (Fsp3) is 0.348. The number of amides is 1. The van der Waals surface area contributed by atoms with Gasteiger partial charge in [-0.1, -0.05) is 54.1 Å². The summed E-state index contributed by atoms with van der Waals surface area (Å²) in [5, 5.41) is 0. The number of allylic oxidation sites excluding steroid dienone is 1. The zero-order valence-electron chi connectivity index (χ0n) is 16.3. The van der Waals surface area contributed by atoms with Crippen LogP contribution in [0.25, 0.3) is 0 Å². The second-order valence-electron chi connectivity index (χ2n) is 7.26. The van der Waals surface area contributed by atoms with Gasteiger partial charge in [-0.25, -0.2) is 12.7 Å². The van der Waals surface area contributed by atoms with Gasteiger partial charge in [0.2, 0.25) is 0 Å². The van der Waals surface area contributed by atoms with Gasteiger partial charge >= 0.3 is 0 Å². The van der Waals surface area contributed by atoms with Crippen molar-refractivity contribution in [3.63, 3.8) is 0 Å². The Labute approximate surface area is 167 Å². The van der Waals surface area contributed by atoms with Crippen LogP contribution in [0.5, 0.6) is 0 Å². The average Bonchev–Trinajstić information content (AvgIpc) is 2.68. The van der Waals surface area contributed by atoms with Gasteiger partial charge in [-0.05, 0) is 63.1 Å². The highest BCUT2D eigenvalue weighted by molar-refractivity contribution is 7.89. The molecule has 28 heavy (non-hydrogen) atoms. The highest BCUT2D eigenvalue weighted by atomic mass is 32.2. The minimum absolute atomic E-state index is 0.177. The quantitative estimate of drug-likeness (QED) is 0.713. The van der Waals surface area contributed by atoms with E-state index in [1.165, 1.54) is 5.56 Å². The molecule has 1 aliphatic rings. The summed E-state index contributed by atoms with van der Waals surface area (Å²) < 4.78 is 27.3. The van der Waals surface area contributed by atoms with Crippen LogP contribution in [0, 0.1) is 6.92 Å². The van der Waals surface area contributed by atoms with Crippen molar-refractivity contribution in [1.29, 1.82) is 0 Å². The molecule has 0 aliphatic carbocycles. The SMILES string of the molecule is Cc1ccc(S(=O)(=O)N2CCCC/C=C(/CCCc3ccccc3)C2=O)cc1. The van der Waals surface area contributed by atoms with Crippen LogP contribution in [0.1, 0.15) is 43.2 Å². The van der Waals surface area contributed by atoms with Crippen LogP contribution in [-0.4, -0.2) is 25.2 Å². The van der Waals surface area contributed by atoms with Crippen molar-refractivity contribution >= 4 is 15.9 Å². The van der Waals surface area contributed by atoms with Crippen LogP contribution in [0.2, 0.25) is 0 Å². The van der Waals surface area contributed by atoms with E-state index in [9.17, 15) is 13.2 Å². The zero-order chi connectivity index (χ0) is 20.0. The summed E-state index contributed by atoms with van der Waals surface area (Å²) in [6.07, 6.45) is 6.61. The van der Waals surface area contributed by atoms with Crippen molar-refractivity contribution in [2.24, 2.45) is 0 Å². The van der Waals surface area contributed by atoms with Gasteiger partial charge in [-0.15, -0.1) is 0 Å². The van der Waals surface area contributed by atoms with E-state index in [-0.39, 0.29) is 17.3 Å². The number of sulfonamides is 1. The molecule has 0 saturated heterocycles. The van der Waals surface area contributed by atoms with Crippen molar-refractivity contribution < 1.29 is 13.2 Å². The highest BCUT2D eigenvalue weighted by Gasteiger charge is 2.31. The normalized spacial score (nSPS) is 17.5. The molecule has 0 N–H and O–H groups in total. The molecule has 0 radical (unpaired) electrons. The number of rotatable bonds is 6. The molecule has 4 nitrogen and oxygen atoms in total. The van der Waals surface area contributed by atoms with E-state index >= 15 is 0 Å². The largest absolute Gasteiger partial charge is 0.268 e. The zero-order valence-corrected chi connectivity index (χ0v) is 17.1. The summed E-state index contributed by atoms with van der Waals surface area (Å²) in [7, 11) is -3.83. The van der Waals surface area contributed by atoms with Gasteiger partial charge in [-0.2, -0.15) is 0 Å². The predicted octanol–water partition coefficient (Wildman–Crippen LogP) is 4.65. The van der Waals surface area contributed by atoms with Crippen LogP contribution >= 0.6 is 0 Å². The average molecular weight is 398 g/mol. The van der Waals surface area contributed by atoms with Gasteiger partial charge in [0.1, 0.15) is 0 Å². The Bertz CT molecular complexity index is 932. The molecule has 0 aromatic heterocycles. The van der Waals surface area contributed by atoms with Gasteiger partial charge in [0.05, 0.1) is 4.90 Å². The molecule has 0 fully saturated rings. The molecule has 5 heteroatoms. The molecule has 0 atom stereocenters. The molecule has 2 aromatic carbocycles. The van der Waals surface area contributed by atoms with Crippen LogP contribution in [0.15, 0.2) is 71.1 Å². The predicted molar refractivity (Wildman–Crippen MR) is 111 cm³/mol. The number of hydrogen-bond acceptors (Lipinski definition) is 3. The molecule has 1 heterocycles. The third-order valence-corrected chi connectivity index (χ3v) is 6.87. The van der Waals surface area contributed by atoms with E-state index in [2.05, 4.69) is 12.1 Å². The Balaban J connectivity index is 1.76. The maximum atomic E-state index is 13.1. The summed E-state index contributed by atoms with van der Waals surface area (Å²) in [6.45, 7) is 2.15. The summed E-state index contributed by atoms with van der Waals surface area (Å²) >= 11 is 0. The molecule has 0 unspecified atom stereocenters. The van der Waals surface area contributed by atoms with E-state index in [0.717, 1.165) is 35.6 Å². The third kappa shape index (κ3) is 4.90. The molecule has 3 rings (SSSR count). The Kier molecular flexibility index (Phi) is 6.68. The molecular formula is C23H27NO3S. The summed E-state index contributed by atoms with van der Waals surface area (Å²) in [6, 6.07) is 16.8. The molecular weight excluding hydrogens is 370 g/mol. The minimum atomic E-state index is -3.83. The van der Waals surface area contributed by atoms with E-state index < -0.39 is 10.0 Å². The molecule has 0 bridgehead atoms.